The monoisotopic (exact) mass is 193 g/mol. The first-order chi connectivity index (χ1) is 6.74. The Balaban J connectivity index is 2.01. The fraction of sp³-hybridized carbons (Fsp3) is 0.667. The molecule has 2 rings (SSSR count). The van der Waals surface area contributed by atoms with E-state index in [-0.39, 0.29) is 0 Å². The van der Waals surface area contributed by atoms with E-state index in [4.69, 9.17) is 4.42 Å². The summed E-state index contributed by atoms with van der Waals surface area (Å²) in [7, 11) is 2.04. The fourth-order valence-corrected chi connectivity index (χ4v) is 2.42. The quantitative estimate of drug-likeness (QED) is 0.795. The van der Waals surface area contributed by atoms with Crippen LogP contribution in [0.5, 0.6) is 0 Å². The van der Waals surface area contributed by atoms with Crippen molar-refractivity contribution in [2.75, 3.05) is 13.6 Å². The largest absolute Gasteiger partial charge is 0.466 e. The summed E-state index contributed by atoms with van der Waals surface area (Å²) in [4.78, 5) is 0. The van der Waals surface area contributed by atoms with Crippen LogP contribution < -0.4 is 5.32 Å². The number of hydrogen-bond acceptors (Lipinski definition) is 2. The molecule has 0 bridgehead atoms. The third kappa shape index (κ3) is 1.85. The molecule has 1 aliphatic rings. The first kappa shape index (κ1) is 9.78. The average molecular weight is 193 g/mol. The second-order valence-electron chi connectivity index (χ2n) is 4.57. The molecule has 1 heterocycles. The Hall–Kier alpha value is -0.760. The van der Waals surface area contributed by atoms with Crippen molar-refractivity contribution >= 4 is 0 Å². The normalized spacial score (nSPS) is 19.3. The summed E-state index contributed by atoms with van der Waals surface area (Å²) in [5.74, 6) is 2.18. The van der Waals surface area contributed by atoms with Crippen LogP contribution in [0.1, 0.15) is 30.8 Å². The molecule has 1 fully saturated rings. The van der Waals surface area contributed by atoms with Gasteiger partial charge < -0.3 is 9.73 Å². The summed E-state index contributed by atoms with van der Waals surface area (Å²) in [6.07, 6.45) is 5.16. The molecule has 0 amide bonds. The number of furan rings is 1. The van der Waals surface area contributed by atoms with Crippen LogP contribution in [0.2, 0.25) is 0 Å². The average Bonchev–Trinajstić information content (AvgIpc) is 2.48. The highest BCUT2D eigenvalue weighted by atomic mass is 16.3. The molecule has 1 saturated carbocycles. The molecule has 0 aliphatic heterocycles. The highest BCUT2D eigenvalue weighted by Crippen LogP contribution is 2.43. The molecular weight excluding hydrogens is 174 g/mol. The summed E-state index contributed by atoms with van der Waals surface area (Å²) in [5, 5.41) is 3.30. The predicted molar refractivity (Wildman–Crippen MR) is 57.4 cm³/mol. The van der Waals surface area contributed by atoms with Crippen molar-refractivity contribution in [1.82, 2.24) is 5.32 Å². The molecule has 0 saturated heterocycles. The first-order valence-electron chi connectivity index (χ1n) is 5.44. The van der Waals surface area contributed by atoms with E-state index in [0.717, 1.165) is 24.5 Å². The van der Waals surface area contributed by atoms with Crippen molar-refractivity contribution in [3.63, 3.8) is 0 Å². The molecular formula is C12H19NO. The molecule has 2 nitrogen and oxygen atoms in total. The summed E-state index contributed by atoms with van der Waals surface area (Å²) < 4.78 is 5.63. The van der Waals surface area contributed by atoms with Crippen molar-refractivity contribution in [2.45, 2.75) is 32.6 Å². The molecule has 0 spiro atoms. The lowest BCUT2D eigenvalue weighted by molar-refractivity contribution is 0.124. The lowest BCUT2D eigenvalue weighted by atomic mass is 9.66. The third-order valence-corrected chi connectivity index (χ3v) is 3.31. The van der Waals surface area contributed by atoms with Crippen LogP contribution in [0.4, 0.5) is 0 Å². The Morgan fingerprint density at radius 1 is 1.43 bits per heavy atom. The fourth-order valence-electron chi connectivity index (χ4n) is 2.42. The van der Waals surface area contributed by atoms with Crippen LogP contribution >= 0.6 is 0 Å². The van der Waals surface area contributed by atoms with Crippen molar-refractivity contribution in [3.05, 3.63) is 23.7 Å². The van der Waals surface area contributed by atoms with E-state index in [0.29, 0.717) is 5.41 Å². The zero-order valence-electron chi connectivity index (χ0n) is 9.10. The molecule has 1 N–H and O–H groups in total. The van der Waals surface area contributed by atoms with Crippen LogP contribution in [0.25, 0.3) is 0 Å². The van der Waals surface area contributed by atoms with E-state index in [1.54, 1.807) is 0 Å². The molecule has 0 radical (unpaired) electrons. The van der Waals surface area contributed by atoms with Gasteiger partial charge in [-0.15, -0.1) is 0 Å². The van der Waals surface area contributed by atoms with Crippen molar-refractivity contribution in [1.29, 1.82) is 0 Å². The van der Waals surface area contributed by atoms with E-state index in [2.05, 4.69) is 17.4 Å². The van der Waals surface area contributed by atoms with Gasteiger partial charge in [0.15, 0.2) is 0 Å². The molecule has 1 aromatic rings. The summed E-state index contributed by atoms with van der Waals surface area (Å²) in [6, 6.07) is 4.17. The standard InChI is InChI=1S/C12H19NO/c1-10-4-5-11(14-10)8-12(9-13-2)6-3-7-12/h4-5,13H,3,6-9H2,1-2H3. The van der Waals surface area contributed by atoms with E-state index in [9.17, 15) is 0 Å². The van der Waals surface area contributed by atoms with Gasteiger partial charge in [0.2, 0.25) is 0 Å². The Morgan fingerprint density at radius 3 is 2.64 bits per heavy atom. The maximum atomic E-state index is 5.63. The minimum atomic E-state index is 0.485. The second kappa shape index (κ2) is 3.77. The topological polar surface area (TPSA) is 25.2 Å². The lowest BCUT2D eigenvalue weighted by Crippen LogP contribution is -2.40. The van der Waals surface area contributed by atoms with Gasteiger partial charge in [-0.05, 0) is 44.4 Å². The van der Waals surface area contributed by atoms with E-state index in [1.807, 2.05) is 14.0 Å². The van der Waals surface area contributed by atoms with Gasteiger partial charge >= 0.3 is 0 Å². The van der Waals surface area contributed by atoms with Crippen molar-refractivity contribution < 1.29 is 4.42 Å². The van der Waals surface area contributed by atoms with Gasteiger partial charge in [-0.3, -0.25) is 0 Å². The van der Waals surface area contributed by atoms with Gasteiger partial charge in [0.05, 0.1) is 0 Å². The highest BCUT2D eigenvalue weighted by Gasteiger charge is 2.37. The smallest absolute Gasteiger partial charge is 0.104 e. The molecule has 2 heteroatoms. The lowest BCUT2D eigenvalue weighted by Gasteiger charge is -2.41. The Bertz CT molecular complexity index is 299. The zero-order valence-corrected chi connectivity index (χ0v) is 9.10. The molecule has 14 heavy (non-hydrogen) atoms. The maximum Gasteiger partial charge on any atom is 0.104 e. The molecule has 1 aromatic heterocycles. The molecule has 0 aromatic carbocycles. The minimum Gasteiger partial charge on any atom is -0.466 e. The summed E-state index contributed by atoms with van der Waals surface area (Å²) in [5.41, 5.74) is 0.485. The van der Waals surface area contributed by atoms with Gasteiger partial charge in [0.25, 0.3) is 0 Å². The van der Waals surface area contributed by atoms with Gasteiger partial charge in [-0.2, -0.15) is 0 Å². The Labute approximate surface area is 85.7 Å². The van der Waals surface area contributed by atoms with Crippen LogP contribution in [-0.2, 0) is 6.42 Å². The SMILES string of the molecule is CNCC1(Cc2ccc(C)o2)CCC1. The van der Waals surface area contributed by atoms with Crippen molar-refractivity contribution in [2.24, 2.45) is 5.41 Å². The number of rotatable bonds is 4. The highest BCUT2D eigenvalue weighted by molar-refractivity contribution is 5.09. The van der Waals surface area contributed by atoms with Crippen LogP contribution in [-0.4, -0.2) is 13.6 Å². The molecule has 78 valence electrons. The summed E-state index contributed by atoms with van der Waals surface area (Å²) >= 11 is 0. The van der Waals surface area contributed by atoms with Gasteiger partial charge in [0.1, 0.15) is 11.5 Å². The molecule has 1 aliphatic carbocycles. The van der Waals surface area contributed by atoms with Crippen LogP contribution in [0, 0.1) is 12.3 Å². The van der Waals surface area contributed by atoms with Gasteiger partial charge in [-0.25, -0.2) is 0 Å². The maximum absolute atomic E-state index is 5.63. The Kier molecular flexibility index (Phi) is 2.64. The minimum absolute atomic E-state index is 0.485. The van der Waals surface area contributed by atoms with E-state index in [1.165, 1.54) is 19.3 Å². The number of hydrogen-bond donors (Lipinski definition) is 1. The summed E-state index contributed by atoms with van der Waals surface area (Å²) in [6.45, 7) is 3.13. The van der Waals surface area contributed by atoms with Gasteiger partial charge in [-0.1, -0.05) is 6.42 Å². The Morgan fingerprint density at radius 2 is 2.21 bits per heavy atom. The third-order valence-electron chi connectivity index (χ3n) is 3.31. The molecule has 0 unspecified atom stereocenters. The van der Waals surface area contributed by atoms with E-state index >= 15 is 0 Å². The predicted octanol–water partition coefficient (Wildman–Crippen LogP) is 2.52. The van der Waals surface area contributed by atoms with Crippen LogP contribution in [0.3, 0.4) is 0 Å². The first-order valence-corrected chi connectivity index (χ1v) is 5.44. The zero-order chi connectivity index (χ0) is 10.0. The van der Waals surface area contributed by atoms with Gasteiger partial charge in [0, 0.05) is 13.0 Å². The second-order valence-corrected chi connectivity index (χ2v) is 4.57. The van der Waals surface area contributed by atoms with E-state index < -0.39 is 0 Å². The number of aryl methyl sites for hydroxylation is 1. The van der Waals surface area contributed by atoms with Crippen LogP contribution in [0.15, 0.2) is 16.5 Å². The molecule has 0 atom stereocenters. The number of nitrogens with one attached hydrogen (secondary N) is 1. The van der Waals surface area contributed by atoms with Crippen molar-refractivity contribution in [3.8, 4) is 0 Å².